The van der Waals surface area contributed by atoms with Gasteiger partial charge in [0.15, 0.2) is 9.84 Å². The number of hydrogen-bond donors (Lipinski definition) is 1. The molecule has 21 heavy (non-hydrogen) atoms. The highest BCUT2D eigenvalue weighted by Gasteiger charge is 2.35. The Morgan fingerprint density at radius 1 is 1.48 bits per heavy atom. The van der Waals surface area contributed by atoms with Crippen LogP contribution in [0.4, 0.5) is 0 Å². The Bertz CT molecular complexity index is 467. The van der Waals surface area contributed by atoms with Crippen LogP contribution in [-0.2, 0) is 19.4 Å². The van der Waals surface area contributed by atoms with E-state index >= 15 is 0 Å². The number of ether oxygens (including phenoxy) is 1. The molecule has 0 saturated carbocycles. The van der Waals surface area contributed by atoms with Crippen LogP contribution in [0.25, 0.3) is 0 Å². The maximum Gasteiger partial charge on any atom is 0.237 e. The number of morpholine rings is 1. The number of nitrogens with zero attached hydrogens (tertiary/aromatic N) is 2. The van der Waals surface area contributed by atoms with Crippen molar-refractivity contribution in [2.75, 3.05) is 51.0 Å². The first kappa shape index (κ1) is 16.7. The van der Waals surface area contributed by atoms with E-state index in [1.54, 1.807) is 4.90 Å². The minimum Gasteiger partial charge on any atom is -0.395 e. The van der Waals surface area contributed by atoms with Crippen LogP contribution in [0.15, 0.2) is 0 Å². The van der Waals surface area contributed by atoms with Crippen LogP contribution in [0.1, 0.15) is 13.3 Å². The van der Waals surface area contributed by atoms with Crippen LogP contribution in [0.3, 0.4) is 0 Å². The van der Waals surface area contributed by atoms with E-state index in [2.05, 4.69) is 0 Å². The number of carbonyl (C=O) groups excluding carboxylic acids is 1. The van der Waals surface area contributed by atoms with Crippen molar-refractivity contribution in [2.45, 2.75) is 25.4 Å². The van der Waals surface area contributed by atoms with Gasteiger partial charge in [-0.3, -0.25) is 9.69 Å². The number of sulfone groups is 1. The van der Waals surface area contributed by atoms with E-state index in [4.69, 9.17) is 4.74 Å². The molecule has 2 aliphatic heterocycles. The first-order valence-corrected chi connectivity index (χ1v) is 9.21. The molecule has 0 spiro atoms. The molecule has 1 amide bonds. The number of likely N-dealkylation sites (N-methyl/N-ethyl adjacent to an activating group) is 1. The molecule has 122 valence electrons. The SMILES string of the molecule is CCN(C(=O)CN1CCOCC1CO)C1CCS(=O)(=O)C1. The van der Waals surface area contributed by atoms with Crippen LogP contribution < -0.4 is 0 Å². The van der Waals surface area contributed by atoms with Crippen molar-refractivity contribution >= 4 is 15.7 Å². The summed E-state index contributed by atoms with van der Waals surface area (Å²) in [4.78, 5) is 16.0. The Balaban J connectivity index is 1.97. The lowest BCUT2D eigenvalue weighted by atomic mass is 10.2. The van der Waals surface area contributed by atoms with E-state index in [-0.39, 0.29) is 42.6 Å². The Morgan fingerprint density at radius 2 is 2.24 bits per heavy atom. The van der Waals surface area contributed by atoms with Gasteiger partial charge in [0.2, 0.25) is 5.91 Å². The van der Waals surface area contributed by atoms with Crippen molar-refractivity contribution in [3.8, 4) is 0 Å². The first-order chi connectivity index (χ1) is 9.96. The molecule has 0 aliphatic carbocycles. The molecule has 1 N–H and O–H groups in total. The lowest BCUT2D eigenvalue weighted by Crippen LogP contribution is -2.53. The molecule has 2 aliphatic rings. The average molecular weight is 320 g/mol. The van der Waals surface area contributed by atoms with Crippen LogP contribution in [0, 0.1) is 0 Å². The third kappa shape index (κ3) is 4.15. The van der Waals surface area contributed by atoms with Crippen LogP contribution >= 0.6 is 0 Å². The van der Waals surface area contributed by atoms with E-state index in [9.17, 15) is 18.3 Å². The molecule has 0 radical (unpaired) electrons. The second kappa shape index (κ2) is 7.04. The summed E-state index contributed by atoms with van der Waals surface area (Å²) in [7, 11) is -3.00. The molecule has 2 atom stereocenters. The largest absolute Gasteiger partial charge is 0.395 e. The predicted molar refractivity (Wildman–Crippen MR) is 77.7 cm³/mol. The molecule has 0 aromatic rings. The predicted octanol–water partition coefficient (Wildman–Crippen LogP) is -1.28. The quantitative estimate of drug-likeness (QED) is 0.679. The maximum absolute atomic E-state index is 12.5. The van der Waals surface area contributed by atoms with Gasteiger partial charge >= 0.3 is 0 Å². The van der Waals surface area contributed by atoms with Crippen LogP contribution in [0.5, 0.6) is 0 Å². The monoisotopic (exact) mass is 320 g/mol. The Hall–Kier alpha value is -0.700. The Labute approximate surface area is 125 Å². The number of aliphatic hydroxyl groups excluding tert-OH is 1. The molecule has 2 unspecified atom stereocenters. The molecule has 7 nitrogen and oxygen atoms in total. The number of carbonyl (C=O) groups is 1. The standard InChI is InChI=1S/C13H24N2O5S/c1-2-15(11-3-6-21(18,19)10-11)13(17)7-14-4-5-20-9-12(14)8-16/h11-12,16H,2-10H2,1H3. The van der Waals surface area contributed by atoms with E-state index in [1.807, 2.05) is 11.8 Å². The van der Waals surface area contributed by atoms with Gasteiger partial charge in [-0.25, -0.2) is 8.42 Å². The minimum absolute atomic E-state index is 0.0444. The molecule has 2 rings (SSSR count). The van der Waals surface area contributed by atoms with Crippen molar-refractivity contribution in [1.82, 2.24) is 9.80 Å². The minimum atomic E-state index is -3.00. The summed E-state index contributed by atoms with van der Waals surface area (Å²) in [5.74, 6) is 0.164. The zero-order valence-corrected chi connectivity index (χ0v) is 13.2. The summed E-state index contributed by atoms with van der Waals surface area (Å²) in [6.07, 6.45) is 0.522. The van der Waals surface area contributed by atoms with E-state index in [0.29, 0.717) is 32.7 Å². The second-order valence-electron chi connectivity index (χ2n) is 5.62. The number of aliphatic hydroxyl groups is 1. The highest BCUT2D eigenvalue weighted by molar-refractivity contribution is 7.91. The van der Waals surface area contributed by atoms with Crippen molar-refractivity contribution in [3.63, 3.8) is 0 Å². The maximum atomic E-state index is 12.5. The van der Waals surface area contributed by atoms with Crippen molar-refractivity contribution in [3.05, 3.63) is 0 Å². The van der Waals surface area contributed by atoms with Crippen LogP contribution in [0.2, 0.25) is 0 Å². The number of amides is 1. The van der Waals surface area contributed by atoms with E-state index in [0.717, 1.165) is 0 Å². The fourth-order valence-electron chi connectivity index (χ4n) is 2.99. The molecule has 0 aromatic carbocycles. The van der Waals surface area contributed by atoms with Gasteiger partial charge in [-0.2, -0.15) is 0 Å². The van der Waals surface area contributed by atoms with E-state index in [1.165, 1.54) is 0 Å². The second-order valence-corrected chi connectivity index (χ2v) is 7.85. The topological polar surface area (TPSA) is 87.2 Å². The zero-order valence-electron chi connectivity index (χ0n) is 12.4. The Kier molecular flexibility index (Phi) is 5.59. The van der Waals surface area contributed by atoms with Gasteiger partial charge in [0.1, 0.15) is 0 Å². The number of hydrogen-bond acceptors (Lipinski definition) is 6. The smallest absolute Gasteiger partial charge is 0.237 e. The fourth-order valence-corrected chi connectivity index (χ4v) is 4.72. The summed E-state index contributed by atoms with van der Waals surface area (Å²) in [5.41, 5.74) is 0. The fraction of sp³-hybridized carbons (Fsp3) is 0.923. The van der Waals surface area contributed by atoms with Gasteiger partial charge in [-0.05, 0) is 13.3 Å². The van der Waals surface area contributed by atoms with Gasteiger partial charge in [-0.1, -0.05) is 0 Å². The van der Waals surface area contributed by atoms with Gasteiger partial charge in [0.05, 0.1) is 43.9 Å². The Morgan fingerprint density at radius 3 is 2.81 bits per heavy atom. The summed E-state index contributed by atoms with van der Waals surface area (Å²) in [6, 6.07) is -0.366. The molecular formula is C13H24N2O5S. The van der Waals surface area contributed by atoms with Gasteiger partial charge in [0.25, 0.3) is 0 Å². The summed E-state index contributed by atoms with van der Waals surface area (Å²) in [6.45, 7) is 4.12. The van der Waals surface area contributed by atoms with Gasteiger partial charge in [-0.15, -0.1) is 0 Å². The normalized spacial score (nSPS) is 29.4. The molecule has 2 heterocycles. The molecule has 0 bridgehead atoms. The molecule has 2 saturated heterocycles. The average Bonchev–Trinajstić information content (AvgIpc) is 2.80. The lowest BCUT2D eigenvalue weighted by molar-refractivity contribution is -0.137. The molecule has 0 aromatic heterocycles. The molecular weight excluding hydrogens is 296 g/mol. The first-order valence-electron chi connectivity index (χ1n) is 7.39. The van der Waals surface area contributed by atoms with Crippen molar-refractivity contribution in [1.29, 1.82) is 0 Å². The van der Waals surface area contributed by atoms with E-state index < -0.39 is 9.84 Å². The summed E-state index contributed by atoms with van der Waals surface area (Å²) in [5, 5.41) is 9.32. The van der Waals surface area contributed by atoms with Crippen LogP contribution in [-0.4, -0.2) is 92.3 Å². The summed E-state index contributed by atoms with van der Waals surface area (Å²) < 4.78 is 28.4. The van der Waals surface area contributed by atoms with Crippen molar-refractivity contribution in [2.24, 2.45) is 0 Å². The third-order valence-corrected chi connectivity index (χ3v) is 5.96. The van der Waals surface area contributed by atoms with Gasteiger partial charge in [0, 0.05) is 19.1 Å². The van der Waals surface area contributed by atoms with Crippen molar-refractivity contribution < 1.29 is 23.1 Å². The van der Waals surface area contributed by atoms with Gasteiger partial charge < -0.3 is 14.7 Å². The number of rotatable bonds is 5. The zero-order chi connectivity index (χ0) is 15.5. The summed E-state index contributed by atoms with van der Waals surface area (Å²) >= 11 is 0. The highest BCUT2D eigenvalue weighted by atomic mass is 32.2. The lowest BCUT2D eigenvalue weighted by Gasteiger charge is -2.36. The molecule has 2 fully saturated rings. The highest BCUT2D eigenvalue weighted by Crippen LogP contribution is 2.18. The third-order valence-electron chi connectivity index (χ3n) is 4.21. The molecule has 8 heteroatoms.